The Labute approximate surface area is 353 Å². The fourth-order valence-electron chi connectivity index (χ4n) is 6.27. The normalized spacial score (nSPS) is 22.9. The lowest BCUT2D eigenvalue weighted by atomic mass is 9.85. The highest BCUT2D eigenvalue weighted by Gasteiger charge is 2.51. The molecule has 6 N–H and O–H groups in total. The molecule has 0 aliphatic heterocycles. The maximum atomic E-state index is 12.8. The van der Waals surface area contributed by atoms with Gasteiger partial charge >= 0.3 is 19.8 Å². The number of aliphatic hydroxyl groups is 5. The Morgan fingerprint density at radius 3 is 1.47 bits per heavy atom. The van der Waals surface area contributed by atoms with Crippen molar-refractivity contribution in [2.24, 2.45) is 0 Å². The molecule has 59 heavy (non-hydrogen) atoms. The van der Waals surface area contributed by atoms with Gasteiger partial charge in [-0.05, 0) is 77.0 Å². The third kappa shape index (κ3) is 27.9. The lowest BCUT2D eigenvalue weighted by molar-refractivity contribution is -0.220. The third-order valence-corrected chi connectivity index (χ3v) is 10.8. The molecule has 340 valence electrons. The highest BCUT2D eigenvalue weighted by atomic mass is 31.2. The minimum atomic E-state index is -5.13. The van der Waals surface area contributed by atoms with Gasteiger partial charge in [0.15, 0.2) is 6.10 Å². The zero-order valence-electron chi connectivity index (χ0n) is 35.8. The van der Waals surface area contributed by atoms with E-state index in [4.69, 9.17) is 18.5 Å². The van der Waals surface area contributed by atoms with E-state index in [1.807, 2.05) is 0 Å². The molecule has 1 saturated carbocycles. The predicted octanol–water partition coefficient (Wildman–Crippen LogP) is 8.16. The zero-order chi connectivity index (χ0) is 43.6. The molecule has 0 saturated heterocycles. The van der Waals surface area contributed by atoms with Gasteiger partial charge in [0.1, 0.15) is 43.2 Å². The summed E-state index contributed by atoms with van der Waals surface area (Å²) in [5.41, 5.74) is 0. The van der Waals surface area contributed by atoms with E-state index in [1.165, 1.54) is 19.3 Å². The van der Waals surface area contributed by atoms with Crippen LogP contribution in [-0.2, 0) is 32.7 Å². The molecule has 1 fully saturated rings. The van der Waals surface area contributed by atoms with Crippen LogP contribution in [0.2, 0.25) is 0 Å². The molecule has 0 aromatic heterocycles. The number of aliphatic hydroxyl groups excluding tert-OH is 5. The first kappa shape index (κ1) is 54.6. The van der Waals surface area contributed by atoms with Crippen molar-refractivity contribution in [3.63, 3.8) is 0 Å². The molecule has 0 heterocycles. The van der Waals surface area contributed by atoms with Crippen molar-refractivity contribution < 1.29 is 63.1 Å². The molecule has 0 bridgehead atoms. The second-order valence-corrected chi connectivity index (χ2v) is 16.6. The molecule has 0 amide bonds. The summed E-state index contributed by atoms with van der Waals surface area (Å²) in [6.45, 7) is 3.12. The standard InChI is InChI=1S/C45H77O13P/c1-3-5-7-9-11-13-15-17-19-21-23-25-27-29-31-33-38(46)55-35-37(36-56-59(53,54)58-45-43(51)41(49)40(48)42(50)44(45)52)57-39(47)34-32-30-28-26-24-22-20-18-16-14-12-10-8-6-4-2/h6,8,11-14,17-20,37,40-45,48-52H,3-5,7,9-10,15-16,21-36H2,1-2H3,(H,53,54)/b8-6+,13-11+,14-12+,19-17+,20-18+/t37-,40?,41-,42?,43?,44?,45?/m1/s1. The summed E-state index contributed by atoms with van der Waals surface area (Å²) in [6, 6.07) is 0. The van der Waals surface area contributed by atoms with Gasteiger partial charge in [-0.3, -0.25) is 18.6 Å². The Bertz CT molecular complexity index is 1270. The van der Waals surface area contributed by atoms with Crippen LogP contribution in [0.25, 0.3) is 0 Å². The number of ether oxygens (including phenoxy) is 2. The number of phosphoric acid groups is 1. The number of hydrogen-bond acceptors (Lipinski definition) is 12. The molecule has 14 heteroatoms. The molecule has 0 aromatic carbocycles. The van der Waals surface area contributed by atoms with Crippen molar-refractivity contribution in [3.8, 4) is 0 Å². The van der Waals surface area contributed by atoms with Crippen LogP contribution in [0, 0.1) is 0 Å². The van der Waals surface area contributed by atoms with Gasteiger partial charge < -0.3 is 39.9 Å². The molecule has 0 spiro atoms. The van der Waals surface area contributed by atoms with Crippen LogP contribution in [-0.4, -0.2) is 98.3 Å². The number of phosphoric ester groups is 1. The first-order valence-corrected chi connectivity index (χ1v) is 23.6. The second-order valence-electron chi connectivity index (χ2n) is 15.2. The molecule has 13 nitrogen and oxygen atoms in total. The van der Waals surface area contributed by atoms with Crippen molar-refractivity contribution in [1.29, 1.82) is 0 Å². The lowest BCUT2D eigenvalue weighted by Gasteiger charge is -2.41. The van der Waals surface area contributed by atoms with Crippen LogP contribution in [0.4, 0.5) is 0 Å². The zero-order valence-corrected chi connectivity index (χ0v) is 36.7. The SMILES string of the molecule is CC/C=C/C/C=C/C/C=C/CCCCCCCC(=O)O[C@H](COC(=O)CCCCCCC/C=C/C/C=C/CCCCC)COP(=O)(O)OC1C(O)C(O)C(O)[C@@H](O)C1O. The molecule has 1 rings (SSSR count). The van der Waals surface area contributed by atoms with Gasteiger partial charge in [-0.2, -0.15) is 0 Å². The Hall–Kier alpha value is -2.45. The predicted molar refractivity (Wildman–Crippen MR) is 230 cm³/mol. The largest absolute Gasteiger partial charge is 0.472 e. The summed E-state index contributed by atoms with van der Waals surface area (Å²) in [7, 11) is -5.13. The van der Waals surface area contributed by atoms with Crippen molar-refractivity contribution in [3.05, 3.63) is 60.8 Å². The van der Waals surface area contributed by atoms with E-state index in [0.717, 1.165) is 96.3 Å². The van der Waals surface area contributed by atoms with Crippen molar-refractivity contribution in [1.82, 2.24) is 0 Å². The van der Waals surface area contributed by atoms with E-state index < -0.39 is 75.7 Å². The summed E-state index contributed by atoms with van der Waals surface area (Å²) < 4.78 is 33.4. The molecule has 1 aliphatic rings. The van der Waals surface area contributed by atoms with Gasteiger partial charge in [0.05, 0.1) is 6.61 Å². The summed E-state index contributed by atoms with van der Waals surface area (Å²) in [4.78, 5) is 35.6. The number of allylic oxidation sites excluding steroid dienone is 10. The Morgan fingerprint density at radius 1 is 0.542 bits per heavy atom. The minimum Gasteiger partial charge on any atom is -0.462 e. The van der Waals surface area contributed by atoms with Gasteiger partial charge in [0.2, 0.25) is 0 Å². The number of carbonyl (C=O) groups excluding carboxylic acids is 2. The third-order valence-electron chi connectivity index (χ3n) is 9.84. The molecule has 8 atom stereocenters. The van der Waals surface area contributed by atoms with E-state index in [1.54, 1.807) is 0 Å². The number of esters is 2. The number of carbonyl (C=O) groups is 2. The highest BCUT2D eigenvalue weighted by Crippen LogP contribution is 2.47. The lowest BCUT2D eigenvalue weighted by Crippen LogP contribution is -2.64. The van der Waals surface area contributed by atoms with Crippen molar-refractivity contribution in [2.75, 3.05) is 13.2 Å². The van der Waals surface area contributed by atoms with Crippen LogP contribution in [0.5, 0.6) is 0 Å². The quantitative estimate of drug-likeness (QED) is 0.0154. The monoisotopic (exact) mass is 857 g/mol. The van der Waals surface area contributed by atoms with Gasteiger partial charge in [-0.15, -0.1) is 0 Å². The van der Waals surface area contributed by atoms with Crippen LogP contribution in [0.1, 0.15) is 155 Å². The maximum Gasteiger partial charge on any atom is 0.472 e. The molecule has 0 radical (unpaired) electrons. The maximum absolute atomic E-state index is 12.8. The summed E-state index contributed by atoms with van der Waals surface area (Å²) in [5.74, 6) is -1.14. The number of unbranched alkanes of at least 4 members (excludes halogenated alkanes) is 13. The summed E-state index contributed by atoms with van der Waals surface area (Å²) in [6.07, 6.45) is 28.5. The molecule has 6 unspecified atom stereocenters. The molecular formula is C45H77O13P. The van der Waals surface area contributed by atoms with Crippen molar-refractivity contribution in [2.45, 2.75) is 198 Å². The molecule has 0 aromatic rings. The summed E-state index contributed by atoms with van der Waals surface area (Å²) in [5, 5.41) is 50.1. The Balaban J connectivity index is 2.51. The Morgan fingerprint density at radius 2 is 0.966 bits per heavy atom. The van der Waals surface area contributed by atoms with E-state index in [9.17, 15) is 44.6 Å². The van der Waals surface area contributed by atoms with Crippen LogP contribution < -0.4 is 0 Å². The second kappa shape index (κ2) is 35.2. The van der Waals surface area contributed by atoms with Gasteiger partial charge in [-0.1, -0.05) is 126 Å². The van der Waals surface area contributed by atoms with Crippen molar-refractivity contribution >= 4 is 19.8 Å². The van der Waals surface area contributed by atoms with Crippen LogP contribution in [0.3, 0.4) is 0 Å². The van der Waals surface area contributed by atoms with Crippen LogP contribution in [0.15, 0.2) is 60.8 Å². The number of rotatable bonds is 35. The average molecular weight is 857 g/mol. The van der Waals surface area contributed by atoms with E-state index >= 15 is 0 Å². The van der Waals surface area contributed by atoms with Gasteiger partial charge in [-0.25, -0.2) is 4.57 Å². The minimum absolute atomic E-state index is 0.0714. The Kier molecular flexibility index (Phi) is 32.5. The van der Waals surface area contributed by atoms with Gasteiger partial charge in [0, 0.05) is 12.8 Å². The summed E-state index contributed by atoms with van der Waals surface area (Å²) >= 11 is 0. The highest BCUT2D eigenvalue weighted by molar-refractivity contribution is 7.47. The molecule has 1 aliphatic carbocycles. The topological polar surface area (TPSA) is 210 Å². The van der Waals surface area contributed by atoms with E-state index in [0.29, 0.717) is 12.8 Å². The van der Waals surface area contributed by atoms with E-state index in [-0.39, 0.29) is 12.8 Å². The van der Waals surface area contributed by atoms with Crippen LogP contribution >= 0.6 is 7.82 Å². The first-order chi connectivity index (χ1) is 28.4. The smallest absolute Gasteiger partial charge is 0.462 e. The van der Waals surface area contributed by atoms with E-state index in [2.05, 4.69) is 74.6 Å². The first-order valence-electron chi connectivity index (χ1n) is 22.1. The molecular weight excluding hydrogens is 779 g/mol. The fourth-order valence-corrected chi connectivity index (χ4v) is 7.24. The fraction of sp³-hybridized carbons (Fsp3) is 0.733. The van der Waals surface area contributed by atoms with Gasteiger partial charge in [0.25, 0.3) is 0 Å². The average Bonchev–Trinajstić information content (AvgIpc) is 3.21. The number of hydrogen-bond donors (Lipinski definition) is 6.